The van der Waals surface area contributed by atoms with Gasteiger partial charge in [-0.15, -0.1) is 10.2 Å². The Labute approximate surface area is 273 Å². The van der Waals surface area contributed by atoms with E-state index in [1.807, 2.05) is 36.1 Å². The fourth-order valence-electron chi connectivity index (χ4n) is 5.16. The Kier molecular flexibility index (Phi) is 12.6. The highest BCUT2D eigenvalue weighted by Gasteiger charge is 2.40. The Morgan fingerprint density at radius 3 is 2.34 bits per heavy atom. The summed E-state index contributed by atoms with van der Waals surface area (Å²) in [7, 11) is 0. The van der Waals surface area contributed by atoms with E-state index in [2.05, 4.69) is 46.7 Å². The molecule has 1 unspecified atom stereocenters. The molecule has 3 heterocycles. The number of nitrogens with one attached hydrogen (secondary N) is 2. The molecule has 12 nitrogen and oxygen atoms in total. The van der Waals surface area contributed by atoms with Crippen molar-refractivity contribution in [3.05, 3.63) is 41.5 Å². The van der Waals surface area contributed by atoms with Gasteiger partial charge in [0.15, 0.2) is 12.4 Å². The van der Waals surface area contributed by atoms with E-state index in [-0.39, 0.29) is 42.3 Å². The number of amides is 2. The number of alkyl halides is 3. The minimum atomic E-state index is -4.61. The maximum atomic E-state index is 13.3. The molecule has 0 saturated carbocycles. The van der Waals surface area contributed by atoms with Crippen LogP contribution in [0.1, 0.15) is 76.5 Å². The Morgan fingerprint density at radius 1 is 0.957 bits per heavy atom. The van der Waals surface area contributed by atoms with Crippen LogP contribution in [0.15, 0.2) is 29.4 Å². The van der Waals surface area contributed by atoms with E-state index in [1.165, 1.54) is 0 Å². The second kappa shape index (κ2) is 16.4. The molecule has 0 spiro atoms. The molecule has 1 aromatic heterocycles. The van der Waals surface area contributed by atoms with Crippen molar-refractivity contribution < 1.29 is 37.0 Å². The van der Waals surface area contributed by atoms with Crippen LogP contribution >= 0.6 is 0 Å². The van der Waals surface area contributed by atoms with Crippen molar-refractivity contribution >= 4 is 17.6 Å². The first-order chi connectivity index (χ1) is 22.3. The fourth-order valence-corrected chi connectivity index (χ4v) is 5.16. The van der Waals surface area contributed by atoms with Gasteiger partial charge in [-0.25, -0.2) is 0 Å². The maximum absolute atomic E-state index is 13.3. The Hall–Kier alpha value is -3.72. The molecule has 1 fully saturated rings. The van der Waals surface area contributed by atoms with Gasteiger partial charge in [0.1, 0.15) is 18.2 Å². The number of aromatic nitrogens is 3. The summed E-state index contributed by atoms with van der Waals surface area (Å²) in [5.41, 5.74) is 1.13. The third-order valence-corrected chi connectivity index (χ3v) is 8.38. The summed E-state index contributed by atoms with van der Waals surface area (Å²) in [4.78, 5) is 26.1. The van der Waals surface area contributed by atoms with Crippen molar-refractivity contribution in [1.29, 1.82) is 0 Å². The predicted molar refractivity (Wildman–Crippen MR) is 168 cm³/mol. The first-order valence-electron chi connectivity index (χ1n) is 16.1. The molecule has 4 rings (SSSR count). The highest BCUT2D eigenvalue weighted by molar-refractivity contribution is 5.83. The molecule has 0 radical (unpaired) electrons. The number of carbonyl (C=O) groups excluding carboxylic acids is 2. The number of halogens is 3. The lowest BCUT2D eigenvalue weighted by Gasteiger charge is -2.35. The van der Waals surface area contributed by atoms with Crippen LogP contribution < -0.4 is 15.4 Å². The molecule has 2 amide bonds. The molecule has 1 aromatic carbocycles. The predicted octanol–water partition coefficient (Wildman–Crippen LogP) is 3.75. The molecule has 260 valence electrons. The summed E-state index contributed by atoms with van der Waals surface area (Å²) in [5.74, 6) is 0.261. The van der Waals surface area contributed by atoms with Crippen LogP contribution in [0.4, 0.5) is 13.2 Å². The van der Waals surface area contributed by atoms with Crippen LogP contribution in [0.2, 0.25) is 0 Å². The van der Waals surface area contributed by atoms with Crippen molar-refractivity contribution in [2.45, 2.75) is 77.9 Å². The van der Waals surface area contributed by atoms with Crippen LogP contribution in [0.25, 0.3) is 0 Å². The molecule has 2 aliphatic heterocycles. The van der Waals surface area contributed by atoms with Gasteiger partial charge in [-0.1, -0.05) is 32.9 Å². The zero-order valence-electron chi connectivity index (χ0n) is 27.6. The normalized spacial score (nSPS) is 16.3. The fraction of sp³-hybridized carbons (Fsp3) is 0.656. The van der Waals surface area contributed by atoms with Gasteiger partial charge in [-0.05, 0) is 55.2 Å². The minimum absolute atomic E-state index is 0.0149. The highest BCUT2D eigenvalue weighted by Crippen LogP contribution is 2.32. The maximum Gasteiger partial charge on any atom is 0.453 e. The zero-order chi connectivity index (χ0) is 34.0. The molecule has 0 bridgehead atoms. The molecule has 1 saturated heterocycles. The molecule has 2 aliphatic rings. The number of ether oxygens (including phenoxy) is 3. The first kappa shape index (κ1) is 36.1. The van der Waals surface area contributed by atoms with E-state index in [4.69, 9.17) is 14.2 Å². The second-order valence-electron chi connectivity index (χ2n) is 12.9. The van der Waals surface area contributed by atoms with Crippen molar-refractivity contribution in [3.8, 4) is 5.75 Å². The number of hydrogen-bond donors (Lipinski definition) is 2. The van der Waals surface area contributed by atoms with Crippen molar-refractivity contribution in [3.63, 3.8) is 0 Å². The van der Waals surface area contributed by atoms with Gasteiger partial charge in [-0.2, -0.15) is 22.9 Å². The van der Waals surface area contributed by atoms with Crippen LogP contribution in [-0.4, -0.2) is 96.1 Å². The van der Waals surface area contributed by atoms with E-state index >= 15 is 0 Å². The van der Waals surface area contributed by atoms with E-state index < -0.39 is 12.0 Å². The number of aryl methyl sites for hydroxylation is 1. The molecule has 1 atom stereocenters. The van der Waals surface area contributed by atoms with Crippen molar-refractivity contribution in [1.82, 2.24) is 30.4 Å². The second-order valence-corrected chi connectivity index (χ2v) is 12.9. The molecule has 15 heteroatoms. The molecule has 2 N–H and O–H groups in total. The number of piperidine rings is 1. The molecule has 47 heavy (non-hydrogen) atoms. The number of carbonyl (C=O) groups is 2. The van der Waals surface area contributed by atoms with Gasteiger partial charge < -0.3 is 29.7 Å². The molecule has 0 aliphatic carbocycles. The molecular weight excluding hydrogens is 619 g/mol. The van der Waals surface area contributed by atoms with E-state index in [1.54, 1.807) is 0 Å². The summed E-state index contributed by atoms with van der Waals surface area (Å²) in [6.45, 7) is 11.0. The topological polar surface area (TPSA) is 132 Å². The van der Waals surface area contributed by atoms with Crippen LogP contribution in [0, 0.1) is 5.41 Å². The van der Waals surface area contributed by atoms with E-state index in [0.29, 0.717) is 76.2 Å². The van der Waals surface area contributed by atoms with Gasteiger partial charge >= 0.3 is 6.18 Å². The number of nitrogens with zero attached hydrogens (tertiary/aromatic N) is 5. The number of benzene rings is 1. The lowest BCUT2D eigenvalue weighted by molar-refractivity contribution is -0.147. The quantitative estimate of drug-likeness (QED) is 0.292. The van der Waals surface area contributed by atoms with Gasteiger partial charge in [0.05, 0.1) is 6.61 Å². The average molecular weight is 666 g/mol. The number of rotatable bonds is 14. The largest absolute Gasteiger partial charge is 0.484 e. The van der Waals surface area contributed by atoms with Crippen LogP contribution in [0.5, 0.6) is 5.75 Å². The third kappa shape index (κ3) is 10.9. The highest BCUT2D eigenvalue weighted by atomic mass is 19.4. The zero-order valence-corrected chi connectivity index (χ0v) is 27.6. The smallest absolute Gasteiger partial charge is 0.453 e. The molecular formula is C32H46F3N7O5. The average Bonchev–Trinajstić information content (AvgIpc) is 3.47. The van der Waals surface area contributed by atoms with Crippen molar-refractivity contribution in [2.24, 2.45) is 10.5 Å². The molecule has 2 aromatic rings. The summed E-state index contributed by atoms with van der Waals surface area (Å²) in [5, 5.41) is 16.9. The van der Waals surface area contributed by atoms with Gasteiger partial charge in [0.25, 0.3) is 11.7 Å². The summed E-state index contributed by atoms with van der Waals surface area (Å²) in [6.07, 6.45) is -1.39. The summed E-state index contributed by atoms with van der Waals surface area (Å²) >= 11 is 0. The minimum Gasteiger partial charge on any atom is -0.484 e. The van der Waals surface area contributed by atoms with Crippen LogP contribution in [0.3, 0.4) is 0 Å². The summed E-state index contributed by atoms with van der Waals surface area (Å²) < 4.78 is 57.1. The third-order valence-electron chi connectivity index (χ3n) is 8.38. The van der Waals surface area contributed by atoms with E-state index in [0.717, 1.165) is 23.1 Å². The lowest BCUT2D eigenvalue weighted by atomic mass is 9.88. The van der Waals surface area contributed by atoms with Gasteiger partial charge in [0.2, 0.25) is 5.91 Å². The number of fused-ring (bicyclic) bond motifs is 1. The SMILES string of the molecule is CC(NC(=O)COCCCOCCNC(=O)COc1ccc(C2CCN(C3=Nn4c(nnc4C(F)(F)F)CC3)CC2)cc1)C(C)(C)C. The Morgan fingerprint density at radius 2 is 1.66 bits per heavy atom. The number of hydrogen-bond acceptors (Lipinski definition) is 9. The monoisotopic (exact) mass is 665 g/mol. The van der Waals surface area contributed by atoms with Gasteiger partial charge in [-0.3, -0.25) is 9.59 Å². The van der Waals surface area contributed by atoms with Gasteiger partial charge in [0, 0.05) is 51.7 Å². The van der Waals surface area contributed by atoms with Crippen molar-refractivity contribution in [2.75, 3.05) is 52.7 Å². The lowest BCUT2D eigenvalue weighted by Crippen LogP contribution is -2.43. The first-order valence-corrected chi connectivity index (χ1v) is 16.1. The summed E-state index contributed by atoms with van der Waals surface area (Å²) in [6, 6.07) is 7.70. The van der Waals surface area contributed by atoms with Crippen LogP contribution in [-0.2, 0) is 31.7 Å². The number of likely N-dealkylation sites (tertiary alicyclic amines) is 1. The Bertz CT molecular complexity index is 1350. The van der Waals surface area contributed by atoms with E-state index in [9.17, 15) is 22.8 Å². The standard InChI is InChI=1S/C32H46F3N7O5/c1-22(31(2,3)4)37-29(44)20-46-18-5-17-45-19-14-36-28(43)21-47-25-8-6-23(7-9-25)24-12-15-41(16-13-24)27-11-10-26-38-39-30(32(33,34)35)42(26)40-27/h6-9,22,24H,5,10-21H2,1-4H3,(H,36,43)(H,37,44). The number of amidine groups is 1. The Balaban J connectivity index is 1.06.